The lowest BCUT2D eigenvalue weighted by atomic mass is 9.87. The molecule has 0 aliphatic heterocycles. The number of pyridine rings is 1. The fraction of sp³-hybridized carbons (Fsp3) is 0.250. The number of anilines is 1. The lowest BCUT2D eigenvalue weighted by Crippen LogP contribution is -2.31. The Kier molecular flexibility index (Phi) is 5.97. The third-order valence-electron chi connectivity index (χ3n) is 5.55. The van der Waals surface area contributed by atoms with Gasteiger partial charge in [0.15, 0.2) is 5.82 Å². The van der Waals surface area contributed by atoms with Crippen LogP contribution in [0, 0.1) is 0 Å². The quantitative estimate of drug-likeness (QED) is 0.431. The Morgan fingerprint density at radius 2 is 1.83 bits per heavy atom. The molecule has 0 unspecified atom stereocenters. The Bertz CT molecular complexity index is 1530. The van der Waals surface area contributed by atoms with E-state index >= 15 is 0 Å². The molecule has 0 atom stereocenters. The predicted octanol–water partition coefficient (Wildman–Crippen LogP) is 3.04. The number of rotatable bonds is 5. The summed E-state index contributed by atoms with van der Waals surface area (Å²) in [6, 6.07) is 13.3. The molecule has 3 N–H and O–H groups in total. The number of aromatic nitrogens is 4. The number of nitrogen functional groups attached to an aromatic ring is 1. The maximum absolute atomic E-state index is 13.1. The summed E-state index contributed by atoms with van der Waals surface area (Å²) < 4.78 is 35.1. The molecule has 2 heterocycles. The van der Waals surface area contributed by atoms with Crippen molar-refractivity contribution in [2.45, 2.75) is 31.1 Å². The van der Waals surface area contributed by atoms with E-state index in [0.717, 1.165) is 5.56 Å². The van der Waals surface area contributed by atoms with Gasteiger partial charge in [-0.1, -0.05) is 39.0 Å². The van der Waals surface area contributed by atoms with Crippen molar-refractivity contribution >= 4 is 32.8 Å². The molecule has 0 bridgehead atoms. The van der Waals surface area contributed by atoms with Gasteiger partial charge in [0.05, 0.1) is 12.6 Å². The molecule has 35 heavy (non-hydrogen) atoms. The van der Waals surface area contributed by atoms with Crippen LogP contribution in [0.25, 0.3) is 22.3 Å². The highest BCUT2D eigenvalue weighted by atomic mass is 32.2. The number of amides is 1. The standard InChI is InChI=1S/C24H26N6O4S/c1-24(2,3)14-9-12-19(34-5)20(13-14)35(32,33)29-22(31)18-11-10-15-16(7-6-8-17(15)26-18)21-27-23(25)30(4)28-21/h6-13H,1-5H3,(H,29,31)(H2,25,27,28). The van der Waals surface area contributed by atoms with Crippen LogP contribution in [-0.2, 0) is 22.5 Å². The molecule has 0 aliphatic rings. The molecule has 0 saturated carbocycles. The first-order chi connectivity index (χ1) is 16.4. The van der Waals surface area contributed by atoms with Gasteiger partial charge in [-0.25, -0.2) is 22.8 Å². The molecule has 0 aliphatic carbocycles. The molecular formula is C24H26N6O4S. The van der Waals surface area contributed by atoms with Gasteiger partial charge >= 0.3 is 0 Å². The van der Waals surface area contributed by atoms with E-state index in [1.165, 1.54) is 23.9 Å². The number of ether oxygens (including phenoxy) is 1. The number of hydrogen-bond donors (Lipinski definition) is 2. The number of hydrogen-bond acceptors (Lipinski definition) is 8. The minimum absolute atomic E-state index is 0.0577. The van der Waals surface area contributed by atoms with Gasteiger partial charge in [0.25, 0.3) is 15.9 Å². The van der Waals surface area contributed by atoms with Crippen molar-refractivity contribution in [3.8, 4) is 17.1 Å². The SMILES string of the molecule is COc1ccc(C(C)(C)C)cc1S(=O)(=O)NC(=O)c1ccc2c(-c3nc(N)n(C)n3)cccc2n1. The lowest BCUT2D eigenvalue weighted by molar-refractivity contribution is 0.0977. The monoisotopic (exact) mass is 494 g/mol. The molecule has 182 valence electrons. The number of nitrogens with one attached hydrogen (secondary N) is 1. The van der Waals surface area contributed by atoms with Gasteiger partial charge in [0.1, 0.15) is 16.3 Å². The molecule has 1 amide bonds. The van der Waals surface area contributed by atoms with E-state index in [4.69, 9.17) is 10.5 Å². The van der Waals surface area contributed by atoms with Crippen molar-refractivity contribution in [1.82, 2.24) is 24.5 Å². The molecule has 2 aromatic heterocycles. The second kappa shape index (κ2) is 8.66. The summed E-state index contributed by atoms with van der Waals surface area (Å²) in [4.78, 5) is 21.4. The van der Waals surface area contributed by atoms with Crippen molar-refractivity contribution in [3.05, 3.63) is 59.8 Å². The van der Waals surface area contributed by atoms with Crippen LogP contribution < -0.4 is 15.2 Å². The van der Waals surface area contributed by atoms with Crippen LogP contribution in [0.2, 0.25) is 0 Å². The van der Waals surface area contributed by atoms with E-state index in [9.17, 15) is 13.2 Å². The Labute approximate surface area is 203 Å². The first kappa shape index (κ1) is 24.1. The zero-order valence-corrected chi connectivity index (χ0v) is 20.8. The fourth-order valence-corrected chi connectivity index (χ4v) is 4.73. The Morgan fingerprint density at radius 3 is 2.46 bits per heavy atom. The molecule has 0 fully saturated rings. The first-order valence-corrected chi connectivity index (χ1v) is 12.2. The van der Waals surface area contributed by atoms with E-state index < -0.39 is 15.9 Å². The molecule has 4 aromatic rings. The van der Waals surface area contributed by atoms with Crippen molar-refractivity contribution in [3.63, 3.8) is 0 Å². The lowest BCUT2D eigenvalue weighted by Gasteiger charge is -2.21. The van der Waals surface area contributed by atoms with E-state index in [2.05, 4.69) is 19.8 Å². The summed E-state index contributed by atoms with van der Waals surface area (Å²) in [5.74, 6) is -0.0441. The van der Waals surface area contributed by atoms with Crippen LogP contribution in [0.1, 0.15) is 36.8 Å². The summed E-state index contributed by atoms with van der Waals surface area (Å²) in [5, 5.41) is 4.98. The van der Waals surface area contributed by atoms with Gasteiger partial charge < -0.3 is 10.5 Å². The van der Waals surface area contributed by atoms with Crippen molar-refractivity contribution in [1.29, 1.82) is 0 Å². The zero-order chi connectivity index (χ0) is 25.5. The molecule has 11 heteroatoms. The molecule has 0 spiro atoms. The minimum atomic E-state index is -4.24. The van der Waals surface area contributed by atoms with Crippen LogP contribution in [0.15, 0.2) is 53.4 Å². The molecule has 0 radical (unpaired) electrons. The van der Waals surface area contributed by atoms with Crippen LogP contribution in [0.3, 0.4) is 0 Å². The molecule has 2 aromatic carbocycles. The molecule has 10 nitrogen and oxygen atoms in total. The van der Waals surface area contributed by atoms with Gasteiger partial charge in [-0.3, -0.25) is 4.79 Å². The highest BCUT2D eigenvalue weighted by Crippen LogP contribution is 2.31. The number of nitrogens with zero attached hydrogens (tertiary/aromatic N) is 4. The van der Waals surface area contributed by atoms with Crippen molar-refractivity contribution < 1.29 is 17.9 Å². The van der Waals surface area contributed by atoms with Crippen LogP contribution >= 0.6 is 0 Å². The van der Waals surface area contributed by atoms with Crippen molar-refractivity contribution in [2.75, 3.05) is 12.8 Å². The van der Waals surface area contributed by atoms with Crippen LogP contribution in [0.5, 0.6) is 5.75 Å². The highest BCUT2D eigenvalue weighted by molar-refractivity contribution is 7.90. The summed E-state index contributed by atoms with van der Waals surface area (Å²) in [7, 11) is -1.18. The number of fused-ring (bicyclic) bond motifs is 1. The minimum Gasteiger partial charge on any atom is -0.495 e. The average molecular weight is 495 g/mol. The normalized spacial score (nSPS) is 12.0. The number of sulfonamides is 1. The van der Waals surface area contributed by atoms with Gasteiger partial charge in [-0.15, -0.1) is 5.10 Å². The van der Waals surface area contributed by atoms with Crippen molar-refractivity contribution in [2.24, 2.45) is 7.05 Å². The van der Waals surface area contributed by atoms with Gasteiger partial charge in [0, 0.05) is 18.0 Å². The van der Waals surface area contributed by atoms with Crippen LogP contribution in [0.4, 0.5) is 5.95 Å². The Balaban J connectivity index is 1.69. The average Bonchev–Trinajstić information content (AvgIpc) is 3.14. The third-order valence-corrected chi connectivity index (χ3v) is 6.90. The van der Waals surface area contributed by atoms with Crippen LogP contribution in [-0.4, -0.2) is 41.2 Å². The number of methoxy groups -OCH3 is 1. The van der Waals surface area contributed by atoms with E-state index in [1.54, 1.807) is 37.4 Å². The molecular weight excluding hydrogens is 468 g/mol. The Hall–Kier alpha value is -3.99. The number of aryl methyl sites for hydroxylation is 1. The maximum atomic E-state index is 13.1. The molecule has 4 rings (SSSR count). The van der Waals surface area contributed by atoms with E-state index in [1.807, 2.05) is 26.8 Å². The fourth-order valence-electron chi connectivity index (χ4n) is 3.57. The summed E-state index contributed by atoms with van der Waals surface area (Å²) in [6.45, 7) is 5.89. The topological polar surface area (TPSA) is 142 Å². The maximum Gasteiger partial charge on any atom is 0.283 e. The number of carbonyl (C=O) groups is 1. The smallest absolute Gasteiger partial charge is 0.283 e. The Morgan fingerprint density at radius 1 is 1.09 bits per heavy atom. The second-order valence-corrected chi connectivity index (χ2v) is 10.7. The first-order valence-electron chi connectivity index (χ1n) is 10.7. The second-order valence-electron chi connectivity index (χ2n) is 9.04. The number of carbonyl (C=O) groups excluding carboxylic acids is 1. The zero-order valence-electron chi connectivity index (χ0n) is 20.0. The number of benzene rings is 2. The summed E-state index contributed by atoms with van der Waals surface area (Å²) in [5.41, 5.74) is 7.39. The summed E-state index contributed by atoms with van der Waals surface area (Å²) >= 11 is 0. The highest BCUT2D eigenvalue weighted by Gasteiger charge is 2.26. The third kappa shape index (κ3) is 4.67. The van der Waals surface area contributed by atoms with E-state index in [0.29, 0.717) is 22.3 Å². The van der Waals surface area contributed by atoms with Gasteiger partial charge in [0.2, 0.25) is 5.95 Å². The molecule has 0 saturated heterocycles. The summed E-state index contributed by atoms with van der Waals surface area (Å²) in [6.07, 6.45) is 0. The predicted molar refractivity (Wildman–Crippen MR) is 132 cm³/mol. The van der Waals surface area contributed by atoms with Gasteiger partial charge in [-0.2, -0.15) is 4.98 Å². The van der Waals surface area contributed by atoms with E-state index in [-0.39, 0.29) is 27.7 Å². The number of nitrogens with two attached hydrogens (primary N) is 1. The largest absolute Gasteiger partial charge is 0.495 e. The van der Waals surface area contributed by atoms with Gasteiger partial charge in [-0.05, 0) is 41.3 Å².